The fraction of sp³-hybridized carbons (Fsp3) is 0.571. The lowest BCUT2D eigenvalue weighted by molar-refractivity contribution is 0.0292. The van der Waals surface area contributed by atoms with E-state index < -0.39 is 15.6 Å². The van der Waals surface area contributed by atoms with E-state index in [-0.39, 0.29) is 11.4 Å². The lowest BCUT2D eigenvalue weighted by atomic mass is 10.0. The Balaban J connectivity index is 2.80. The monoisotopic (exact) mass is 316 g/mol. The molecule has 6 nitrogen and oxygen atoms in total. The van der Waals surface area contributed by atoms with Gasteiger partial charge in [0.25, 0.3) is 0 Å². The zero-order valence-electron chi connectivity index (χ0n) is 12.7. The highest BCUT2D eigenvalue weighted by atomic mass is 32.2. The fourth-order valence-corrected chi connectivity index (χ4v) is 3.00. The summed E-state index contributed by atoms with van der Waals surface area (Å²) in [4.78, 5) is 0.0970. The van der Waals surface area contributed by atoms with Crippen LogP contribution < -0.4 is 10.5 Å². The number of benzene rings is 1. The number of anilines is 1. The van der Waals surface area contributed by atoms with Crippen molar-refractivity contribution >= 4 is 15.7 Å². The Morgan fingerprint density at radius 2 is 2.10 bits per heavy atom. The molecule has 0 spiro atoms. The number of hydrogen-bond acceptors (Lipinski definition) is 5. The molecule has 0 aliphatic carbocycles. The molecule has 0 heterocycles. The van der Waals surface area contributed by atoms with Gasteiger partial charge in [-0.25, -0.2) is 13.1 Å². The van der Waals surface area contributed by atoms with E-state index >= 15 is 0 Å². The molecule has 1 atom stereocenters. The first-order valence-corrected chi connectivity index (χ1v) is 8.29. The summed E-state index contributed by atoms with van der Waals surface area (Å²) in [6.07, 6.45) is 1.08. The molecule has 4 N–H and O–H groups in total. The normalized spacial score (nSPS) is 14.9. The van der Waals surface area contributed by atoms with Gasteiger partial charge in [-0.1, -0.05) is 13.0 Å². The molecular formula is C14H24N2O4S. The van der Waals surface area contributed by atoms with Crippen LogP contribution in [0, 0.1) is 0 Å². The van der Waals surface area contributed by atoms with Crippen LogP contribution in [0.15, 0.2) is 23.1 Å². The predicted molar refractivity (Wildman–Crippen MR) is 82.5 cm³/mol. The number of methoxy groups -OCH3 is 1. The molecule has 21 heavy (non-hydrogen) atoms. The van der Waals surface area contributed by atoms with Crippen LogP contribution in [0.2, 0.25) is 0 Å². The topological polar surface area (TPSA) is 102 Å². The summed E-state index contributed by atoms with van der Waals surface area (Å²) in [6, 6.07) is 4.65. The van der Waals surface area contributed by atoms with Gasteiger partial charge < -0.3 is 15.6 Å². The standard InChI is InChI=1S/C14H24N2O4S/c1-4-11-5-6-12(9-13(11)15)21(18,19)16-10-14(2,17)7-8-20-3/h5-6,9,16-17H,4,7-8,10,15H2,1-3H3. The molecule has 0 aliphatic heterocycles. The molecule has 0 bridgehead atoms. The van der Waals surface area contributed by atoms with E-state index in [0.29, 0.717) is 18.7 Å². The van der Waals surface area contributed by atoms with Crippen molar-refractivity contribution in [2.45, 2.75) is 37.2 Å². The summed E-state index contributed by atoms with van der Waals surface area (Å²) in [5.74, 6) is 0. The molecule has 1 aromatic rings. The van der Waals surface area contributed by atoms with Gasteiger partial charge in [-0.2, -0.15) is 0 Å². The molecule has 7 heteroatoms. The van der Waals surface area contributed by atoms with Gasteiger partial charge in [0.1, 0.15) is 0 Å². The third-order valence-electron chi connectivity index (χ3n) is 3.30. The summed E-state index contributed by atoms with van der Waals surface area (Å²) < 4.78 is 31.7. The highest BCUT2D eigenvalue weighted by Gasteiger charge is 2.24. The minimum Gasteiger partial charge on any atom is -0.398 e. The second kappa shape index (κ2) is 7.22. The van der Waals surface area contributed by atoms with Crippen LogP contribution in [0.4, 0.5) is 5.69 Å². The second-order valence-electron chi connectivity index (χ2n) is 5.28. The maximum atomic E-state index is 12.2. The number of hydrogen-bond donors (Lipinski definition) is 3. The molecule has 0 aromatic heterocycles. The molecule has 1 rings (SSSR count). The molecule has 1 aromatic carbocycles. The second-order valence-corrected chi connectivity index (χ2v) is 7.05. The number of nitrogen functional groups attached to an aromatic ring is 1. The SMILES string of the molecule is CCc1ccc(S(=O)(=O)NCC(C)(O)CCOC)cc1N. The van der Waals surface area contributed by atoms with Crippen LogP contribution in [0.5, 0.6) is 0 Å². The Labute approximate surface area is 126 Å². The van der Waals surface area contributed by atoms with E-state index in [2.05, 4.69) is 4.72 Å². The lowest BCUT2D eigenvalue weighted by Crippen LogP contribution is -2.41. The number of aliphatic hydroxyl groups is 1. The zero-order valence-corrected chi connectivity index (χ0v) is 13.5. The zero-order chi connectivity index (χ0) is 16.1. The van der Waals surface area contributed by atoms with Crippen molar-refractivity contribution in [3.05, 3.63) is 23.8 Å². The number of aryl methyl sites for hydroxylation is 1. The van der Waals surface area contributed by atoms with Gasteiger partial charge in [0, 0.05) is 32.4 Å². The molecule has 0 saturated heterocycles. The van der Waals surface area contributed by atoms with Gasteiger partial charge in [-0.05, 0) is 31.0 Å². The van der Waals surface area contributed by atoms with Crippen LogP contribution in [0.3, 0.4) is 0 Å². The summed E-state index contributed by atoms with van der Waals surface area (Å²) in [5, 5.41) is 10.1. The predicted octanol–water partition coefficient (Wildman–Crippen LogP) is 0.897. The minimum atomic E-state index is -3.70. The van der Waals surface area contributed by atoms with Gasteiger partial charge in [-0.3, -0.25) is 0 Å². The van der Waals surface area contributed by atoms with E-state index in [0.717, 1.165) is 12.0 Å². The molecule has 0 radical (unpaired) electrons. The van der Waals surface area contributed by atoms with Crippen LogP contribution in [0.25, 0.3) is 0 Å². The quantitative estimate of drug-likeness (QED) is 0.618. The molecular weight excluding hydrogens is 292 g/mol. The Morgan fingerprint density at radius 1 is 1.43 bits per heavy atom. The van der Waals surface area contributed by atoms with Crippen LogP contribution >= 0.6 is 0 Å². The Kier molecular flexibility index (Phi) is 6.15. The number of sulfonamides is 1. The molecule has 0 saturated carbocycles. The smallest absolute Gasteiger partial charge is 0.240 e. The van der Waals surface area contributed by atoms with Gasteiger partial charge in [0.2, 0.25) is 10.0 Å². The van der Waals surface area contributed by atoms with Crippen molar-refractivity contribution in [2.24, 2.45) is 0 Å². The number of rotatable bonds is 8. The first-order valence-electron chi connectivity index (χ1n) is 6.81. The third-order valence-corrected chi connectivity index (χ3v) is 4.70. The van der Waals surface area contributed by atoms with Crippen LogP contribution in [-0.2, 0) is 21.2 Å². The average molecular weight is 316 g/mol. The van der Waals surface area contributed by atoms with Crippen LogP contribution in [0.1, 0.15) is 25.8 Å². The van der Waals surface area contributed by atoms with E-state index in [1.807, 2.05) is 6.92 Å². The summed E-state index contributed by atoms with van der Waals surface area (Å²) in [5.41, 5.74) is 6.00. The van der Waals surface area contributed by atoms with Crippen LogP contribution in [-0.4, -0.2) is 39.4 Å². The first kappa shape index (κ1) is 17.9. The van der Waals surface area contributed by atoms with Crippen molar-refractivity contribution in [1.29, 1.82) is 0 Å². The molecule has 1 unspecified atom stereocenters. The van der Waals surface area contributed by atoms with Gasteiger partial charge in [0.05, 0.1) is 10.5 Å². The highest BCUT2D eigenvalue weighted by molar-refractivity contribution is 7.89. The maximum Gasteiger partial charge on any atom is 0.240 e. The van der Waals surface area contributed by atoms with Gasteiger partial charge in [0.15, 0.2) is 0 Å². The Hall–Kier alpha value is -1.15. The molecule has 120 valence electrons. The van der Waals surface area contributed by atoms with Crippen molar-refractivity contribution in [2.75, 3.05) is 26.0 Å². The van der Waals surface area contributed by atoms with Crippen molar-refractivity contribution in [3.63, 3.8) is 0 Å². The lowest BCUT2D eigenvalue weighted by Gasteiger charge is -2.23. The van der Waals surface area contributed by atoms with Crippen molar-refractivity contribution in [1.82, 2.24) is 4.72 Å². The highest BCUT2D eigenvalue weighted by Crippen LogP contribution is 2.19. The largest absolute Gasteiger partial charge is 0.398 e. The van der Waals surface area contributed by atoms with E-state index in [4.69, 9.17) is 10.5 Å². The number of ether oxygens (including phenoxy) is 1. The first-order chi connectivity index (χ1) is 9.72. The Morgan fingerprint density at radius 3 is 2.62 bits per heavy atom. The number of nitrogens with one attached hydrogen (secondary N) is 1. The number of nitrogens with two attached hydrogens (primary N) is 1. The minimum absolute atomic E-state index is 0.0892. The van der Waals surface area contributed by atoms with Gasteiger partial charge >= 0.3 is 0 Å². The van der Waals surface area contributed by atoms with Crippen molar-refractivity contribution in [3.8, 4) is 0 Å². The summed E-state index contributed by atoms with van der Waals surface area (Å²) in [6.45, 7) is 3.77. The molecule has 0 aliphatic rings. The van der Waals surface area contributed by atoms with E-state index in [9.17, 15) is 13.5 Å². The van der Waals surface area contributed by atoms with E-state index in [1.54, 1.807) is 13.0 Å². The van der Waals surface area contributed by atoms with E-state index in [1.165, 1.54) is 19.2 Å². The fourth-order valence-electron chi connectivity index (χ4n) is 1.81. The summed E-state index contributed by atoms with van der Waals surface area (Å²) in [7, 11) is -2.17. The van der Waals surface area contributed by atoms with Gasteiger partial charge in [-0.15, -0.1) is 0 Å². The molecule has 0 fully saturated rings. The van der Waals surface area contributed by atoms with Crippen molar-refractivity contribution < 1.29 is 18.3 Å². The maximum absolute atomic E-state index is 12.2. The summed E-state index contributed by atoms with van der Waals surface area (Å²) >= 11 is 0. The Bertz CT molecular complexity index is 570. The third kappa shape index (κ3) is 5.28. The average Bonchev–Trinajstić information content (AvgIpc) is 2.43. The molecule has 0 amide bonds.